The van der Waals surface area contributed by atoms with Crippen molar-refractivity contribution in [1.29, 1.82) is 0 Å². The second-order valence-corrected chi connectivity index (χ2v) is 11.7. The van der Waals surface area contributed by atoms with Crippen LogP contribution in [0.5, 0.6) is 0 Å². The molecule has 1 unspecified atom stereocenters. The third-order valence-electron chi connectivity index (χ3n) is 5.86. The highest BCUT2D eigenvalue weighted by molar-refractivity contribution is 7.99. The van der Waals surface area contributed by atoms with Crippen LogP contribution >= 0.6 is 11.8 Å². The van der Waals surface area contributed by atoms with Crippen LogP contribution in [-0.4, -0.2) is 32.6 Å². The van der Waals surface area contributed by atoms with Crippen LogP contribution in [0.3, 0.4) is 0 Å². The second kappa shape index (κ2) is 9.09. The molecule has 0 aliphatic carbocycles. The Morgan fingerprint density at radius 1 is 0.676 bits per heavy atom. The van der Waals surface area contributed by atoms with Crippen LogP contribution in [0.25, 0.3) is 45.0 Å². The topological polar surface area (TPSA) is 48.6 Å². The zero-order valence-electron chi connectivity index (χ0n) is 19.2. The normalized spacial score (nSPS) is 13.0. The molecule has 5 aromatic rings. The molecule has 1 atom stereocenters. The van der Waals surface area contributed by atoms with E-state index in [-0.39, 0.29) is 0 Å². The lowest BCUT2D eigenvalue weighted by atomic mass is 10.1. The Balaban J connectivity index is 1.59. The van der Waals surface area contributed by atoms with E-state index >= 15 is 0 Å². The molecular formula is C29H26N2OS2. The predicted molar refractivity (Wildman–Crippen MR) is 148 cm³/mol. The van der Waals surface area contributed by atoms with E-state index < -0.39 is 9.52 Å². The van der Waals surface area contributed by atoms with Gasteiger partial charge in [0.1, 0.15) is 0 Å². The van der Waals surface area contributed by atoms with Gasteiger partial charge in [-0.25, -0.2) is 0 Å². The first-order valence-corrected chi connectivity index (χ1v) is 14.3. The van der Waals surface area contributed by atoms with E-state index in [1.165, 1.54) is 10.5 Å². The summed E-state index contributed by atoms with van der Waals surface area (Å²) in [4.78, 5) is 9.10. The van der Waals surface area contributed by atoms with Gasteiger partial charge in [0.25, 0.3) is 0 Å². The van der Waals surface area contributed by atoms with E-state index in [9.17, 15) is 4.21 Å². The molecular weight excluding hydrogens is 456 g/mol. The largest absolute Gasteiger partial charge is 0.354 e. The zero-order valence-corrected chi connectivity index (χ0v) is 20.8. The highest BCUT2D eigenvalue weighted by Gasteiger charge is 2.17. The molecule has 5 heteroatoms. The Labute approximate surface area is 205 Å². The summed E-state index contributed by atoms with van der Waals surface area (Å²) in [7, 11) is -2.41. The first-order chi connectivity index (χ1) is 16.4. The molecule has 2 N–H and O–H groups in total. The van der Waals surface area contributed by atoms with E-state index in [0.29, 0.717) is 0 Å². The number of aromatic nitrogens is 2. The molecule has 34 heavy (non-hydrogen) atoms. The number of thioether (sulfide) groups is 1. The van der Waals surface area contributed by atoms with Crippen molar-refractivity contribution in [3.8, 4) is 45.0 Å². The van der Waals surface area contributed by atoms with Crippen molar-refractivity contribution in [2.24, 2.45) is 0 Å². The molecule has 0 saturated heterocycles. The van der Waals surface area contributed by atoms with Gasteiger partial charge in [-0.3, -0.25) is 4.21 Å². The van der Waals surface area contributed by atoms with Crippen molar-refractivity contribution in [1.82, 2.24) is 9.97 Å². The number of H-pyrrole nitrogens is 2. The van der Waals surface area contributed by atoms with Crippen LogP contribution in [0, 0.1) is 0 Å². The summed E-state index contributed by atoms with van der Waals surface area (Å²) in [6.07, 6.45) is 3.79. The van der Waals surface area contributed by atoms with Crippen molar-refractivity contribution < 1.29 is 4.21 Å². The maximum absolute atomic E-state index is 13.0. The van der Waals surface area contributed by atoms with Crippen LogP contribution < -0.4 is 0 Å². The molecule has 0 aliphatic rings. The van der Waals surface area contributed by atoms with Crippen molar-refractivity contribution in [3.05, 3.63) is 97.1 Å². The quantitative estimate of drug-likeness (QED) is 0.195. The fourth-order valence-corrected chi connectivity index (χ4v) is 5.75. The molecule has 0 radical (unpaired) electrons. The highest BCUT2D eigenvalue weighted by Crippen LogP contribution is 2.36. The van der Waals surface area contributed by atoms with Gasteiger partial charge in [0.05, 0.1) is 16.3 Å². The summed E-state index contributed by atoms with van der Waals surface area (Å²) in [5.74, 6) is 3.95. The third-order valence-corrected chi connectivity index (χ3v) is 7.87. The minimum absolute atomic E-state index is 0.745. The van der Waals surface area contributed by atoms with Gasteiger partial charge < -0.3 is 9.97 Å². The van der Waals surface area contributed by atoms with Gasteiger partial charge >= 0.3 is 0 Å². The molecule has 5 rings (SSSR count). The third kappa shape index (κ3) is 4.37. The molecule has 0 amide bonds. The SMILES string of the molecule is C=S(C)(=O)c1cc(-c2cccc(-c3cc(SC)c(-c4ccccc4)[nH]3)c2)[nH]c1-c1ccccc1. The van der Waals surface area contributed by atoms with Crippen LogP contribution in [0.1, 0.15) is 0 Å². The number of hydrogen-bond donors (Lipinski definition) is 2. The molecule has 0 saturated carbocycles. The first kappa shape index (κ1) is 22.4. The van der Waals surface area contributed by atoms with Gasteiger partial charge in [-0.2, -0.15) is 0 Å². The molecule has 3 aromatic carbocycles. The minimum Gasteiger partial charge on any atom is -0.354 e. The lowest BCUT2D eigenvalue weighted by molar-refractivity contribution is 0.685. The minimum atomic E-state index is -2.41. The molecule has 3 nitrogen and oxygen atoms in total. The molecule has 0 fully saturated rings. The Morgan fingerprint density at radius 3 is 1.74 bits per heavy atom. The first-order valence-electron chi connectivity index (χ1n) is 11.0. The smallest absolute Gasteiger partial charge is 0.0616 e. The number of aromatic amines is 2. The van der Waals surface area contributed by atoms with E-state index in [0.717, 1.165) is 44.4 Å². The molecule has 2 aromatic heterocycles. The summed E-state index contributed by atoms with van der Waals surface area (Å²) in [6, 6.07) is 33.0. The fraction of sp³-hybridized carbons (Fsp3) is 0.0690. The maximum atomic E-state index is 13.0. The van der Waals surface area contributed by atoms with E-state index in [1.54, 1.807) is 18.0 Å². The highest BCUT2D eigenvalue weighted by atomic mass is 32.2. The zero-order chi connectivity index (χ0) is 23.7. The van der Waals surface area contributed by atoms with Crippen molar-refractivity contribution in [2.45, 2.75) is 9.79 Å². The Hall–Kier alpha value is -3.41. The molecule has 0 bridgehead atoms. The number of nitrogens with one attached hydrogen (secondary N) is 2. The Kier molecular flexibility index (Phi) is 5.98. The van der Waals surface area contributed by atoms with Gasteiger partial charge in [0.2, 0.25) is 0 Å². The van der Waals surface area contributed by atoms with Crippen LogP contribution in [0.4, 0.5) is 0 Å². The van der Waals surface area contributed by atoms with Crippen molar-refractivity contribution >= 4 is 27.2 Å². The summed E-state index contributed by atoms with van der Waals surface area (Å²) >= 11 is 1.74. The van der Waals surface area contributed by atoms with E-state index in [4.69, 9.17) is 0 Å². The second-order valence-electron chi connectivity index (χ2n) is 8.37. The average Bonchev–Trinajstić information content (AvgIpc) is 3.51. The standard InChI is InChI=1S/C29H26N2OS2/c1-33-26-18-24(30-28(26)20-11-6-4-7-12-20)22-15-10-16-23(17-22)25-19-27(34(2,3)32)29(31-25)21-13-8-5-9-14-21/h4-19,30-31H,2H2,1,3H3. The van der Waals surface area contributed by atoms with E-state index in [1.807, 2.05) is 42.5 Å². The molecule has 2 heterocycles. The van der Waals surface area contributed by atoms with Gasteiger partial charge in [-0.05, 0) is 62.1 Å². The molecule has 170 valence electrons. The molecule has 0 spiro atoms. The van der Waals surface area contributed by atoms with Gasteiger partial charge in [-0.1, -0.05) is 78.9 Å². The lowest BCUT2D eigenvalue weighted by Crippen LogP contribution is -1.97. The van der Waals surface area contributed by atoms with Crippen LogP contribution in [0.2, 0.25) is 0 Å². The summed E-state index contributed by atoms with van der Waals surface area (Å²) in [5, 5.41) is 0. The van der Waals surface area contributed by atoms with E-state index in [2.05, 4.69) is 76.7 Å². The Morgan fingerprint density at radius 2 is 1.18 bits per heavy atom. The van der Waals surface area contributed by atoms with Gasteiger partial charge in [0.15, 0.2) is 0 Å². The van der Waals surface area contributed by atoms with Gasteiger partial charge in [-0.15, -0.1) is 11.8 Å². The maximum Gasteiger partial charge on any atom is 0.0616 e. The summed E-state index contributed by atoms with van der Waals surface area (Å²) in [6.45, 7) is 0. The van der Waals surface area contributed by atoms with Crippen LogP contribution in [-0.2, 0) is 9.52 Å². The summed E-state index contributed by atoms with van der Waals surface area (Å²) in [5.41, 5.74) is 8.28. The van der Waals surface area contributed by atoms with Crippen LogP contribution in [0.15, 0.2) is 107 Å². The number of hydrogen-bond acceptors (Lipinski definition) is 2. The predicted octanol–water partition coefficient (Wildman–Crippen LogP) is 7.44. The average molecular weight is 483 g/mol. The summed E-state index contributed by atoms with van der Waals surface area (Å²) < 4.78 is 13.0. The monoisotopic (exact) mass is 482 g/mol. The lowest BCUT2D eigenvalue weighted by Gasteiger charge is -2.05. The molecule has 0 aliphatic heterocycles. The number of rotatable bonds is 6. The fourth-order valence-electron chi connectivity index (χ4n) is 4.18. The van der Waals surface area contributed by atoms with Gasteiger partial charge in [0, 0.05) is 22.5 Å². The van der Waals surface area contributed by atoms with Crippen molar-refractivity contribution in [2.75, 3.05) is 12.5 Å². The Bertz CT molecular complexity index is 1550. The number of benzene rings is 3. The van der Waals surface area contributed by atoms with Crippen molar-refractivity contribution in [3.63, 3.8) is 0 Å².